The highest BCUT2D eigenvalue weighted by atomic mass is 32.1. The summed E-state index contributed by atoms with van der Waals surface area (Å²) in [4.78, 5) is 15.9. The van der Waals surface area contributed by atoms with Gasteiger partial charge in [0.05, 0.1) is 0 Å². The lowest BCUT2D eigenvalue weighted by molar-refractivity contribution is 1.08. The van der Waals surface area contributed by atoms with Crippen LogP contribution >= 0.6 is 11.3 Å². The van der Waals surface area contributed by atoms with E-state index in [0.29, 0.717) is 17.5 Å². The van der Waals surface area contributed by atoms with Gasteiger partial charge >= 0.3 is 0 Å². The third kappa shape index (κ3) is 4.77. The van der Waals surface area contributed by atoms with Gasteiger partial charge in [0.1, 0.15) is 0 Å². The molecule has 11 aromatic rings. The van der Waals surface area contributed by atoms with Crippen LogP contribution in [0.25, 0.3) is 109 Å². The summed E-state index contributed by atoms with van der Waals surface area (Å²) in [6.07, 6.45) is 0. The van der Waals surface area contributed by atoms with E-state index >= 15 is 0 Å². The van der Waals surface area contributed by atoms with Crippen LogP contribution in [0.2, 0.25) is 0 Å². The van der Waals surface area contributed by atoms with Crippen LogP contribution in [0.15, 0.2) is 176 Å². The van der Waals surface area contributed by atoms with E-state index in [1.165, 1.54) is 63.6 Å². The van der Waals surface area contributed by atoms with Crippen molar-refractivity contribution in [2.75, 3.05) is 0 Å². The standard InChI is InChI=1S/C49H29N3S/c1-3-13-30(14-4-1)35-27-28-40(39-22-12-11-21-38(35)39)48-50-47(33-17-5-2-6-18-33)51-49(52-48)42-29-34-24-23-31-15-7-9-19-36(31)43(34)46-44(42)41-26-25-32-16-8-10-20-37(32)45(41)53-46/h1-29H. The Morgan fingerprint density at radius 3 is 1.58 bits per heavy atom. The number of nitrogens with zero attached hydrogens (tertiary/aromatic N) is 3. The van der Waals surface area contributed by atoms with Crippen molar-refractivity contribution in [1.29, 1.82) is 0 Å². The van der Waals surface area contributed by atoms with Gasteiger partial charge in [-0.1, -0.05) is 164 Å². The minimum atomic E-state index is 0.651. The van der Waals surface area contributed by atoms with E-state index in [9.17, 15) is 0 Å². The van der Waals surface area contributed by atoms with Gasteiger partial charge in [-0.3, -0.25) is 0 Å². The second-order valence-corrected chi connectivity index (χ2v) is 14.5. The molecule has 0 bridgehead atoms. The highest BCUT2D eigenvalue weighted by Gasteiger charge is 2.22. The quantitative estimate of drug-likeness (QED) is 0.172. The van der Waals surface area contributed by atoms with Crippen LogP contribution in [0.1, 0.15) is 0 Å². The summed E-state index contributed by atoms with van der Waals surface area (Å²) in [5, 5.41) is 12.1. The topological polar surface area (TPSA) is 38.7 Å². The minimum Gasteiger partial charge on any atom is -0.208 e. The van der Waals surface area contributed by atoms with Gasteiger partial charge in [0.15, 0.2) is 17.5 Å². The fraction of sp³-hybridized carbons (Fsp3) is 0. The Hall–Kier alpha value is -6.75. The first-order valence-electron chi connectivity index (χ1n) is 17.9. The molecule has 2 aromatic heterocycles. The molecule has 3 nitrogen and oxygen atoms in total. The number of fused-ring (bicyclic) bond motifs is 10. The zero-order chi connectivity index (χ0) is 34.9. The smallest absolute Gasteiger partial charge is 0.164 e. The van der Waals surface area contributed by atoms with Crippen molar-refractivity contribution in [3.8, 4) is 45.3 Å². The Kier molecular flexibility index (Phi) is 6.73. The predicted molar refractivity (Wildman–Crippen MR) is 224 cm³/mol. The van der Waals surface area contributed by atoms with Gasteiger partial charge in [0.2, 0.25) is 0 Å². The van der Waals surface area contributed by atoms with Gasteiger partial charge in [-0.15, -0.1) is 11.3 Å². The number of rotatable bonds is 4. The Morgan fingerprint density at radius 1 is 0.302 bits per heavy atom. The average Bonchev–Trinajstić information content (AvgIpc) is 3.64. The number of aromatic nitrogens is 3. The molecule has 0 amide bonds. The van der Waals surface area contributed by atoms with Crippen molar-refractivity contribution in [3.63, 3.8) is 0 Å². The molecule has 0 aliphatic heterocycles. The molecule has 11 rings (SSSR count). The van der Waals surface area contributed by atoms with Gasteiger partial charge < -0.3 is 0 Å². The SMILES string of the molecule is c1ccc(-c2nc(-c3ccc(-c4ccccc4)c4ccccc34)nc(-c3cc4ccc5ccccc5c4c4sc5c6ccccc6ccc5c34)n2)cc1. The summed E-state index contributed by atoms with van der Waals surface area (Å²) < 4.78 is 2.53. The van der Waals surface area contributed by atoms with E-state index in [1.54, 1.807) is 0 Å². The molecule has 0 aliphatic carbocycles. The minimum absolute atomic E-state index is 0.651. The zero-order valence-electron chi connectivity index (χ0n) is 28.5. The van der Waals surface area contributed by atoms with E-state index in [4.69, 9.17) is 15.0 Å². The zero-order valence-corrected chi connectivity index (χ0v) is 29.3. The van der Waals surface area contributed by atoms with Gasteiger partial charge in [0, 0.05) is 42.2 Å². The summed E-state index contributed by atoms with van der Waals surface area (Å²) >= 11 is 1.88. The van der Waals surface area contributed by atoms with Crippen LogP contribution in [-0.4, -0.2) is 15.0 Å². The van der Waals surface area contributed by atoms with Crippen molar-refractivity contribution >= 4 is 74.6 Å². The molecule has 0 N–H and O–H groups in total. The molecule has 9 aromatic carbocycles. The van der Waals surface area contributed by atoms with Crippen LogP contribution in [0, 0.1) is 0 Å². The first kappa shape index (κ1) is 29.9. The second kappa shape index (κ2) is 11.9. The lowest BCUT2D eigenvalue weighted by Gasteiger charge is -2.14. The van der Waals surface area contributed by atoms with Gasteiger partial charge in [-0.2, -0.15) is 0 Å². The van der Waals surface area contributed by atoms with Crippen molar-refractivity contribution in [1.82, 2.24) is 15.0 Å². The molecule has 0 fully saturated rings. The first-order valence-corrected chi connectivity index (χ1v) is 18.7. The summed E-state index contributed by atoms with van der Waals surface area (Å²) in [7, 11) is 0. The molecule has 0 saturated heterocycles. The predicted octanol–water partition coefficient (Wildman–Crippen LogP) is 13.5. The van der Waals surface area contributed by atoms with Crippen molar-refractivity contribution in [3.05, 3.63) is 176 Å². The number of hydrogen-bond acceptors (Lipinski definition) is 4. The highest BCUT2D eigenvalue weighted by Crippen LogP contribution is 2.48. The maximum Gasteiger partial charge on any atom is 0.164 e. The van der Waals surface area contributed by atoms with Gasteiger partial charge in [0.25, 0.3) is 0 Å². The van der Waals surface area contributed by atoms with Gasteiger partial charge in [-0.05, 0) is 61.0 Å². The summed E-state index contributed by atoms with van der Waals surface area (Å²) in [6, 6.07) is 62.5. The molecular weight excluding hydrogens is 663 g/mol. The van der Waals surface area contributed by atoms with Crippen LogP contribution < -0.4 is 0 Å². The Balaban J connectivity index is 1.25. The Bertz CT molecular complexity index is 3220. The average molecular weight is 692 g/mol. The largest absolute Gasteiger partial charge is 0.208 e. The van der Waals surface area contributed by atoms with Crippen molar-refractivity contribution in [2.24, 2.45) is 0 Å². The second-order valence-electron chi connectivity index (χ2n) is 13.5. The molecule has 53 heavy (non-hydrogen) atoms. The van der Waals surface area contributed by atoms with E-state index in [-0.39, 0.29) is 0 Å². The highest BCUT2D eigenvalue weighted by molar-refractivity contribution is 7.27. The van der Waals surface area contributed by atoms with Gasteiger partial charge in [-0.25, -0.2) is 15.0 Å². The lowest BCUT2D eigenvalue weighted by atomic mass is 9.94. The van der Waals surface area contributed by atoms with Crippen LogP contribution in [0.5, 0.6) is 0 Å². The molecule has 0 saturated carbocycles. The molecule has 0 atom stereocenters. The molecule has 246 valence electrons. The van der Waals surface area contributed by atoms with Crippen LogP contribution in [-0.2, 0) is 0 Å². The summed E-state index contributed by atoms with van der Waals surface area (Å²) in [5.41, 5.74) is 5.30. The monoisotopic (exact) mass is 691 g/mol. The van der Waals surface area contributed by atoms with E-state index in [1.807, 2.05) is 29.5 Å². The number of benzene rings is 9. The Morgan fingerprint density at radius 2 is 0.830 bits per heavy atom. The maximum atomic E-state index is 5.40. The molecule has 2 heterocycles. The molecule has 4 heteroatoms. The Labute approximate surface area is 309 Å². The number of thiophene rings is 1. The van der Waals surface area contributed by atoms with E-state index in [2.05, 4.69) is 158 Å². The van der Waals surface area contributed by atoms with Crippen LogP contribution in [0.3, 0.4) is 0 Å². The first-order chi connectivity index (χ1) is 26.3. The molecular formula is C49H29N3S. The van der Waals surface area contributed by atoms with Crippen LogP contribution in [0.4, 0.5) is 0 Å². The molecule has 0 spiro atoms. The van der Waals surface area contributed by atoms with Crippen molar-refractivity contribution < 1.29 is 0 Å². The maximum absolute atomic E-state index is 5.40. The molecule has 0 unspecified atom stereocenters. The van der Waals surface area contributed by atoms with Crippen molar-refractivity contribution in [2.45, 2.75) is 0 Å². The number of hydrogen-bond donors (Lipinski definition) is 0. The summed E-state index contributed by atoms with van der Waals surface area (Å²) in [5.74, 6) is 1.97. The molecule has 0 radical (unpaired) electrons. The lowest BCUT2D eigenvalue weighted by Crippen LogP contribution is -2.01. The molecule has 0 aliphatic rings. The third-order valence-electron chi connectivity index (χ3n) is 10.5. The fourth-order valence-corrected chi connectivity index (χ4v) is 9.46. The fourth-order valence-electron chi connectivity index (χ4n) is 8.03. The van der Waals surface area contributed by atoms with E-state index in [0.717, 1.165) is 27.5 Å². The third-order valence-corrected chi connectivity index (χ3v) is 11.8. The normalized spacial score (nSPS) is 11.8. The summed E-state index contributed by atoms with van der Waals surface area (Å²) in [6.45, 7) is 0. The van der Waals surface area contributed by atoms with E-state index < -0.39 is 0 Å².